The maximum absolute atomic E-state index is 11.5. The van der Waals surface area contributed by atoms with Gasteiger partial charge in [0.2, 0.25) is 0 Å². The highest BCUT2D eigenvalue weighted by Crippen LogP contribution is 2.39. The van der Waals surface area contributed by atoms with Gasteiger partial charge in [0.25, 0.3) is 0 Å². The van der Waals surface area contributed by atoms with Crippen molar-refractivity contribution in [2.24, 2.45) is 17.3 Å². The Balaban J connectivity index is 2.72. The molecule has 0 bridgehead atoms. The van der Waals surface area contributed by atoms with Gasteiger partial charge in [0.15, 0.2) is 9.04 Å². The molecule has 0 N–H and O–H groups in total. The van der Waals surface area contributed by atoms with Crippen LogP contribution in [0.2, 0.25) is 13.1 Å². The molecule has 4 atom stereocenters. The number of unbranched alkanes of at least 4 members (excludes halogenated alkanes) is 5. The third-order valence-corrected chi connectivity index (χ3v) is 6.99. The molecular weight excluding hydrogens is 412 g/mol. The number of esters is 1. The monoisotopic (exact) mass is 462 g/mol. The van der Waals surface area contributed by atoms with Crippen LogP contribution >= 0.6 is 0 Å². The van der Waals surface area contributed by atoms with E-state index < -0.39 is 9.04 Å². The Hall–Kier alpha value is -1.13. The average molecular weight is 463 g/mol. The summed E-state index contributed by atoms with van der Waals surface area (Å²) in [4.78, 5) is 11.5. The normalized spacial score (nSPS) is 21.5. The molecule has 0 saturated carbocycles. The molecule has 0 aliphatic heterocycles. The van der Waals surface area contributed by atoms with E-state index >= 15 is 0 Å². The summed E-state index contributed by atoms with van der Waals surface area (Å²) in [6.07, 6.45) is 23.9. The number of carbonyl (C=O) groups excluding carboxylic acids is 1. The van der Waals surface area contributed by atoms with Gasteiger partial charge in [-0.3, -0.25) is 4.79 Å². The Morgan fingerprint density at radius 1 is 1.06 bits per heavy atom. The lowest BCUT2D eigenvalue weighted by Gasteiger charge is -2.42. The highest BCUT2D eigenvalue weighted by Gasteiger charge is 2.37. The van der Waals surface area contributed by atoms with Gasteiger partial charge in [0, 0.05) is 6.92 Å². The van der Waals surface area contributed by atoms with Crippen molar-refractivity contribution in [3.05, 3.63) is 36.5 Å². The highest BCUT2D eigenvalue weighted by molar-refractivity contribution is 6.48. The van der Waals surface area contributed by atoms with E-state index in [1.165, 1.54) is 39.0 Å². The van der Waals surface area contributed by atoms with Crippen LogP contribution in [-0.4, -0.2) is 27.2 Å². The lowest BCUT2D eigenvalue weighted by molar-refractivity contribution is -0.144. The lowest BCUT2D eigenvalue weighted by Crippen LogP contribution is -2.42. The molecule has 0 heterocycles. The zero-order valence-electron chi connectivity index (χ0n) is 21.9. The van der Waals surface area contributed by atoms with Crippen molar-refractivity contribution >= 4 is 15.0 Å². The van der Waals surface area contributed by atoms with Crippen LogP contribution in [-0.2, 0) is 14.0 Å². The van der Waals surface area contributed by atoms with E-state index in [1.54, 1.807) is 0 Å². The second-order valence-corrected chi connectivity index (χ2v) is 13.1. The Kier molecular flexibility index (Phi) is 14.1. The predicted octanol–water partition coefficient (Wildman–Crippen LogP) is 7.78. The zero-order chi connectivity index (χ0) is 24.0. The van der Waals surface area contributed by atoms with Gasteiger partial charge in [0.05, 0.1) is 6.10 Å². The largest absolute Gasteiger partial charge is 0.458 e. The molecule has 3 nitrogen and oxygen atoms in total. The van der Waals surface area contributed by atoms with Crippen molar-refractivity contribution in [1.82, 2.24) is 0 Å². The SMILES string of the molecule is CCCCCCCCC(C=CC=C[C@H]1CC=CC[C@H]1C(O[SiH](C)C)C(C)(C)C)OC(C)=O. The Morgan fingerprint density at radius 3 is 2.34 bits per heavy atom. The summed E-state index contributed by atoms with van der Waals surface area (Å²) in [5.74, 6) is 0.786. The van der Waals surface area contributed by atoms with Crippen LogP contribution in [0.4, 0.5) is 0 Å². The Labute approximate surface area is 200 Å². The molecule has 1 rings (SSSR count). The number of carbonyl (C=O) groups is 1. The first-order chi connectivity index (χ1) is 15.1. The van der Waals surface area contributed by atoms with Crippen molar-refractivity contribution in [2.45, 2.75) is 118 Å². The van der Waals surface area contributed by atoms with Gasteiger partial charge in [-0.2, -0.15) is 0 Å². The summed E-state index contributed by atoms with van der Waals surface area (Å²) < 4.78 is 12.1. The molecule has 0 aromatic heterocycles. The second-order valence-electron chi connectivity index (χ2n) is 10.7. The van der Waals surface area contributed by atoms with E-state index in [1.807, 2.05) is 0 Å². The van der Waals surface area contributed by atoms with Crippen molar-refractivity contribution in [1.29, 1.82) is 0 Å². The minimum Gasteiger partial charge on any atom is -0.458 e. The quantitative estimate of drug-likeness (QED) is 0.0869. The molecule has 0 amide bonds. The first kappa shape index (κ1) is 28.9. The van der Waals surface area contributed by atoms with Crippen LogP contribution in [0, 0.1) is 17.3 Å². The van der Waals surface area contributed by atoms with Gasteiger partial charge in [-0.05, 0) is 62.1 Å². The van der Waals surface area contributed by atoms with Crippen molar-refractivity contribution in [2.75, 3.05) is 0 Å². The number of rotatable bonds is 14. The van der Waals surface area contributed by atoms with Crippen molar-refractivity contribution < 1.29 is 14.0 Å². The number of hydrogen-bond acceptors (Lipinski definition) is 3. The van der Waals surface area contributed by atoms with Crippen LogP contribution in [0.15, 0.2) is 36.5 Å². The van der Waals surface area contributed by atoms with E-state index in [9.17, 15) is 4.79 Å². The maximum Gasteiger partial charge on any atom is 0.303 e. The van der Waals surface area contributed by atoms with Crippen LogP contribution in [0.5, 0.6) is 0 Å². The molecule has 0 fully saturated rings. The van der Waals surface area contributed by atoms with E-state index in [-0.39, 0.29) is 23.6 Å². The third kappa shape index (κ3) is 12.2. The lowest BCUT2D eigenvalue weighted by atomic mass is 9.71. The Bertz CT molecular complexity index is 600. The van der Waals surface area contributed by atoms with Gasteiger partial charge in [-0.1, -0.05) is 90.2 Å². The topological polar surface area (TPSA) is 35.5 Å². The molecule has 2 unspecified atom stereocenters. The minimum absolute atomic E-state index is 0.122. The molecule has 0 aromatic carbocycles. The molecule has 0 radical (unpaired) electrons. The maximum atomic E-state index is 11.5. The second kappa shape index (κ2) is 15.7. The van der Waals surface area contributed by atoms with Gasteiger partial charge in [0.1, 0.15) is 6.10 Å². The summed E-state index contributed by atoms with van der Waals surface area (Å²) in [5, 5.41) is 0. The standard InChI is InChI=1S/C28H50O3Si/c1-8-9-10-11-12-13-20-25(30-23(2)29)21-16-14-18-24-19-15-17-22-26(24)27(28(3,4)5)31-32(6)7/h14-18,21,24-27,32H,8-13,19-20,22H2,1-7H3/t24-,25?,26+,27?/m0/s1. The molecule has 32 heavy (non-hydrogen) atoms. The smallest absolute Gasteiger partial charge is 0.303 e. The molecular formula is C28H50O3Si. The average Bonchev–Trinajstić information content (AvgIpc) is 2.70. The molecule has 0 aromatic rings. The van der Waals surface area contributed by atoms with E-state index in [4.69, 9.17) is 9.16 Å². The summed E-state index contributed by atoms with van der Waals surface area (Å²) >= 11 is 0. The van der Waals surface area contributed by atoms with Gasteiger partial charge < -0.3 is 9.16 Å². The number of allylic oxidation sites excluding steroid dienone is 5. The van der Waals surface area contributed by atoms with E-state index in [0.29, 0.717) is 11.8 Å². The van der Waals surface area contributed by atoms with Crippen LogP contribution in [0.1, 0.15) is 92.4 Å². The highest BCUT2D eigenvalue weighted by atomic mass is 28.3. The Morgan fingerprint density at radius 2 is 1.72 bits per heavy atom. The van der Waals surface area contributed by atoms with Gasteiger partial charge in [-0.25, -0.2) is 0 Å². The summed E-state index contributed by atoms with van der Waals surface area (Å²) in [7, 11) is -1.12. The summed E-state index contributed by atoms with van der Waals surface area (Å²) in [6, 6.07) is 0. The first-order valence-corrected chi connectivity index (χ1v) is 15.8. The van der Waals surface area contributed by atoms with Crippen molar-refractivity contribution in [3.63, 3.8) is 0 Å². The van der Waals surface area contributed by atoms with Crippen LogP contribution in [0.25, 0.3) is 0 Å². The summed E-state index contributed by atoms with van der Waals surface area (Å²) in [5.41, 5.74) is 0.132. The zero-order valence-corrected chi connectivity index (χ0v) is 23.1. The fourth-order valence-corrected chi connectivity index (χ4v) is 5.79. The number of ether oxygens (including phenoxy) is 1. The number of hydrogen-bond donors (Lipinski definition) is 0. The molecule has 184 valence electrons. The summed E-state index contributed by atoms with van der Waals surface area (Å²) in [6.45, 7) is 15.2. The fraction of sp³-hybridized carbons (Fsp3) is 0.750. The fourth-order valence-electron chi connectivity index (χ4n) is 4.59. The predicted molar refractivity (Wildman–Crippen MR) is 140 cm³/mol. The van der Waals surface area contributed by atoms with Gasteiger partial charge >= 0.3 is 5.97 Å². The molecule has 1 aliphatic rings. The molecule has 0 saturated heterocycles. The van der Waals surface area contributed by atoms with E-state index in [0.717, 1.165) is 25.7 Å². The van der Waals surface area contributed by atoms with Crippen LogP contribution in [0.3, 0.4) is 0 Å². The third-order valence-electron chi connectivity index (χ3n) is 6.15. The molecule has 0 spiro atoms. The molecule has 4 heteroatoms. The van der Waals surface area contributed by atoms with Crippen molar-refractivity contribution in [3.8, 4) is 0 Å². The van der Waals surface area contributed by atoms with E-state index in [2.05, 4.69) is 77.2 Å². The minimum atomic E-state index is -1.12. The van der Waals surface area contributed by atoms with Crippen LogP contribution < -0.4 is 0 Å². The van der Waals surface area contributed by atoms with Gasteiger partial charge in [-0.15, -0.1) is 0 Å². The molecule has 1 aliphatic carbocycles. The first-order valence-electron chi connectivity index (χ1n) is 13.0.